The summed E-state index contributed by atoms with van der Waals surface area (Å²) in [5, 5.41) is 0.179. The van der Waals surface area contributed by atoms with Gasteiger partial charge in [-0.05, 0) is 0 Å². The molecule has 0 spiro atoms. The van der Waals surface area contributed by atoms with Crippen LogP contribution in [0, 0.1) is 6.07 Å². The first-order valence-electron chi connectivity index (χ1n) is 2.74. The van der Waals surface area contributed by atoms with Crippen molar-refractivity contribution in [1.82, 2.24) is 0 Å². The molecular weight excluding hydrogens is 221 g/mol. The standard InChI is InChI=1S/C7H3ClF3.Sc/c8-6-3-1-5(2-4-6)7(9,10)11;/h1-3H;/q-1;. The quantitative estimate of drug-likeness (QED) is 0.594. The van der Waals surface area contributed by atoms with Gasteiger partial charge < -0.3 is 0 Å². The van der Waals surface area contributed by atoms with Crippen molar-refractivity contribution in [3.63, 3.8) is 0 Å². The van der Waals surface area contributed by atoms with Crippen molar-refractivity contribution in [2.45, 2.75) is 6.18 Å². The molecule has 0 aliphatic carbocycles. The summed E-state index contributed by atoms with van der Waals surface area (Å²) in [6, 6.07) is 5.15. The van der Waals surface area contributed by atoms with Crippen molar-refractivity contribution < 1.29 is 39.0 Å². The summed E-state index contributed by atoms with van der Waals surface area (Å²) in [6.07, 6.45) is -4.30. The van der Waals surface area contributed by atoms with Crippen molar-refractivity contribution >= 4 is 11.6 Å². The van der Waals surface area contributed by atoms with Gasteiger partial charge in [0.2, 0.25) is 0 Å². The average Bonchev–Trinajstić information content (AvgIpc) is 1.86. The second-order valence-corrected chi connectivity index (χ2v) is 2.33. The minimum Gasteiger partial charge on any atom is -0.179 e. The van der Waals surface area contributed by atoms with E-state index in [0.29, 0.717) is 0 Å². The summed E-state index contributed by atoms with van der Waals surface area (Å²) in [5.41, 5.74) is -0.734. The van der Waals surface area contributed by atoms with Crippen LogP contribution in [-0.4, -0.2) is 0 Å². The van der Waals surface area contributed by atoms with Gasteiger partial charge in [-0.2, -0.15) is 37.4 Å². The van der Waals surface area contributed by atoms with Crippen LogP contribution in [0.2, 0.25) is 5.02 Å². The zero-order chi connectivity index (χ0) is 8.48. The van der Waals surface area contributed by atoms with Gasteiger partial charge >= 0.3 is 6.18 Å². The van der Waals surface area contributed by atoms with E-state index in [4.69, 9.17) is 11.6 Å². The number of rotatable bonds is 0. The second-order valence-electron chi connectivity index (χ2n) is 1.92. The molecule has 0 saturated carbocycles. The van der Waals surface area contributed by atoms with Gasteiger partial charge in [0, 0.05) is 25.8 Å². The Morgan fingerprint density at radius 2 is 1.83 bits per heavy atom. The molecule has 0 aromatic heterocycles. The molecule has 0 aliphatic rings. The van der Waals surface area contributed by atoms with Crippen LogP contribution in [0.15, 0.2) is 18.2 Å². The van der Waals surface area contributed by atoms with Gasteiger partial charge in [0.1, 0.15) is 0 Å². The molecule has 1 aromatic rings. The summed E-state index contributed by atoms with van der Waals surface area (Å²) in [5.74, 6) is 0. The molecule has 0 amide bonds. The molecule has 0 N–H and O–H groups in total. The van der Waals surface area contributed by atoms with Crippen molar-refractivity contribution in [3.8, 4) is 0 Å². The summed E-state index contributed by atoms with van der Waals surface area (Å²) in [4.78, 5) is 0. The Labute approximate surface area is 91.5 Å². The van der Waals surface area contributed by atoms with Gasteiger partial charge in [0.15, 0.2) is 0 Å². The van der Waals surface area contributed by atoms with E-state index in [2.05, 4.69) is 6.07 Å². The van der Waals surface area contributed by atoms with E-state index in [9.17, 15) is 13.2 Å². The first kappa shape index (κ1) is 12.2. The zero-order valence-electron chi connectivity index (χ0n) is 5.82. The van der Waals surface area contributed by atoms with Gasteiger partial charge in [0.05, 0.1) is 0 Å². The normalized spacial score (nSPS) is 10.7. The van der Waals surface area contributed by atoms with Crippen LogP contribution < -0.4 is 0 Å². The molecule has 1 aromatic carbocycles. The molecule has 0 unspecified atom stereocenters. The molecule has 1 rings (SSSR count). The van der Waals surface area contributed by atoms with E-state index < -0.39 is 11.7 Å². The zero-order valence-corrected chi connectivity index (χ0v) is 8.38. The van der Waals surface area contributed by atoms with E-state index in [-0.39, 0.29) is 30.9 Å². The fraction of sp³-hybridized carbons (Fsp3) is 0.143. The Morgan fingerprint density at radius 1 is 1.25 bits per heavy atom. The van der Waals surface area contributed by atoms with E-state index in [1.807, 2.05) is 0 Å². The largest absolute Gasteiger partial charge is 0.370 e. The number of hydrogen-bond donors (Lipinski definition) is 0. The fourth-order valence-corrected chi connectivity index (χ4v) is 0.700. The Hall–Kier alpha value is 0.170. The Kier molecular flexibility index (Phi) is 4.48. The number of benzene rings is 1. The van der Waals surface area contributed by atoms with Crippen molar-refractivity contribution in [2.75, 3.05) is 0 Å². The van der Waals surface area contributed by atoms with Gasteiger partial charge in [-0.15, -0.1) is 11.6 Å². The van der Waals surface area contributed by atoms with Crippen LogP contribution in [0.5, 0.6) is 0 Å². The first-order valence-corrected chi connectivity index (χ1v) is 3.12. The Morgan fingerprint density at radius 3 is 2.17 bits per heavy atom. The van der Waals surface area contributed by atoms with Crippen LogP contribution in [0.1, 0.15) is 5.56 Å². The van der Waals surface area contributed by atoms with Crippen LogP contribution in [0.3, 0.4) is 0 Å². The molecule has 0 fully saturated rings. The molecule has 0 atom stereocenters. The number of halogens is 4. The molecule has 0 nitrogen and oxygen atoms in total. The van der Waals surface area contributed by atoms with Crippen LogP contribution in [0.4, 0.5) is 13.2 Å². The molecule has 12 heavy (non-hydrogen) atoms. The minimum atomic E-state index is -4.30. The maximum Gasteiger partial charge on any atom is 0.370 e. The van der Waals surface area contributed by atoms with Gasteiger partial charge in [-0.1, -0.05) is 10.6 Å². The van der Waals surface area contributed by atoms with Crippen molar-refractivity contribution in [1.29, 1.82) is 0 Å². The van der Waals surface area contributed by atoms with E-state index in [0.717, 1.165) is 18.2 Å². The Balaban J connectivity index is 0.00000121. The molecule has 63 valence electrons. The van der Waals surface area contributed by atoms with Crippen molar-refractivity contribution in [3.05, 3.63) is 34.9 Å². The molecule has 0 saturated heterocycles. The van der Waals surface area contributed by atoms with Gasteiger partial charge in [0.25, 0.3) is 0 Å². The second kappa shape index (κ2) is 4.42. The topological polar surface area (TPSA) is 0 Å². The number of hydrogen-bond acceptors (Lipinski definition) is 0. The Bertz CT molecular complexity index is 242. The smallest absolute Gasteiger partial charge is 0.179 e. The van der Waals surface area contributed by atoms with Crippen LogP contribution in [0.25, 0.3) is 0 Å². The maximum atomic E-state index is 11.9. The molecule has 5 heteroatoms. The number of alkyl halides is 3. The predicted molar refractivity (Wildman–Crippen MR) is 35.3 cm³/mol. The molecule has 0 aliphatic heterocycles. The molecule has 0 heterocycles. The third-order valence-electron chi connectivity index (χ3n) is 1.10. The summed E-state index contributed by atoms with van der Waals surface area (Å²) in [7, 11) is 0. The van der Waals surface area contributed by atoms with E-state index >= 15 is 0 Å². The fourth-order valence-electron chi connectivity index (χ4n) is 0.582. The molecule has 1 radical (unpaired) electrons. The first-order chi connectivity index (χ1) is 5.00. The van der Waals surface area contributed by atoms with Crippen molar-refractivity contribution in [2.24, 2.45) is 0 Å². The summed E-state index contributed by atoms with van der Waals surface area (Å²) < 4.78 is 35.6. The SMILES string of the molecule is FC(F)(F)c1c[c-]c(Cl)cc1.[Sc]. The monoisotopic (exact) mass is 224 g/mol. The summed E-state index contributed by atoms with van der Waals surface area (Å²) >= 11 is 5.34. The minimum absolute atomic E-state index is 0. The van der Waals surface area contributed by atoms with Crippen LogP contribution in [-0.2, 0) is 32.0 Å². The van der Waals surface area contributed by atoms with E-state index in [1.165, 1.54) is 0 Å². The summed E-state index contributed by atoms with van der Waals surface area (Å²) in [6.45, 7) is 0. The van der Waals surface area contributed by atoms with E-state index in [1.54, 1.807) is 0 Å². The molecular formula is C7H3ClF3Sc-. The van der Waals surface area contributed by atoms with Gasteiger partial charge in [-0.3, -0.25) is 0 Å². The predicted octanol–water partition coefficient (Wildman–Crippen LogP) is 3.16. The molecule has 0 bridgehead atoms. The van der Waals surface area contributed by atoms with Crippen LogP contribution >= 0.6 is 11.6 Å². The third kappa shape index (κ3) is 3.27. The average molecular weight is 225 g/mol. The third-order valence-corrected chi connectivity index (χ3v) is 1.34. The van der Waals surface area contributed by atoms with Gasteiger partial charge in [-0.25, -0.2) is 0 Å². The maximum absolute atomic E-state index is 11.9.